The average molecular weight is 363 g/mol. The summed E-state index contributed by atoms with van der Waals surface area (Å²) in [7, 11) is 3.23. The van der Waals surface area contributed by atoms with E-state index in [0.29, 0.717) is 46.1 Å². The second kappa shape index (κ2) is 34.2. The van der Waals surface area contributed by atoms with Crippen LogP contribution in [0.1, 0.15) is 51.0 Å². The first-order chi connectivity index (χ1) is 8.74. The summed E-state index contributed by atoms with van der Waals surface area (Å²) in [6, 6.07) is 0. The van der Waals surface area contributed by atoms with Gasteiger partial charge in [-0.25, -0.2) is 0 Å². The Kier molecular flexibility index (Phi) is 62.4. The maximum absolute atomic E-state index is 9.42. The zero-order chi connectivity index (χ0) is 13.6. The van der Waals surface area contributed by atoms with E-state index in [4.69, 9.17) is 24.1 Å². The lowest BCUT2D eigenvalue weighted by atomic mass is 10.0. The van der Waals surface area contributed by atoms with E-state index in [9.17, 15) is 5.11 Å². The lowest BCUT2D eigenvalue weighted by Gasteiger charge is -2.19. The monoisotopic (exact) mass is 362 g/mol. The van der Waals surface area contributed by atoms with Crippen LogP contribution in [-0.4, -0.2) is 76.8 Å². The van der Waals surface area contributed by atoms with E-state index < -0.39 is 6.10 Å². The van der Waals surface area contributed by atoms with Crippen molar-refractivity contribution in [3.8, 4) is 0 Å². The third kappa shape index (κ3) is 29.7. The molecule has 0 aliphatic carbocycles. The normalized spacial score (nSPS) is 9.88. The second-order valence-electron chi connectivity index (χ2n) is 4.07. The van der Waals surface area contributed by atoms with Gasteiger partial charge in [-0.3, -0.25) is 0 Å². The summed E-state index contributed by atoms with van der Waals surface area (Å²) in [6.45, 7) is 2.83. The number of rotatable bonds is 13. The van der Waals surface area contributed by atoms with Crippen molar-refractivity contribution in [1.29, 1.82) is 0 Å². The summed E-state index contributed by atoms with van der Waals surface area (Å²) in [4.78, 5) is 0. The third-order valence-corrected chi connectivity index (χ3v) is 2.39. The largest absolute Gasteiger partial charge is 0.394 e. The van der Waals surface area contributed by atoms with Gasteiger partial charge in [-0.1, -0.05) is 44.6 Å². The van der Waals surface area contributed by atoms with E-state index in [0.717, 1.165) is 0 Å². The maximum atomic E-state index is 9.42. The van der Waals surface area contributed by atoms with Crippen LogP contribution in [0.3, 0.4) is 0 Å². The Labute approximate surface area is 153 Å². The first-order valence-corrected chi connectivity index (χ1v) is 6.16. The molecule has 0 aliphatic heterocycles. The van der Waals surface area contributed by atoms with Gasteiger partial charge in [0.05, 0.1) is 52.4 Å². The van der Waals surface area contributed by atoms with Crippen molar-refractivity contribution < 1.29 is 29.2 Å². The molecule has 1 atom stereocenters. The predicted molar refractivity (Wildman–Crippen MR) is 107 cm³/mol. The lowest BCUT2D eigenvalue weighted by Crippen LogP contribution is -2.25. The summed E-state index contributed by atoms with van der Waals surface area (Å²) in [5.41, 5.74) is 0. The summed E-state index contributed by atoms with van der Waals surface area (Å²) >= 11 is 0. The maximum Gasteiger partial charge on any atom is 0.0775 e. The summed E-state index contributed by atoms with van der Waals surface area (Å²) in [5, 5.41) is 18.3. The quantitative estimate of drug-likeness (QED) is 0.488. The van der Waals surface area contributed by atoms with Crippen molar-refractivity contribution >= 4 is 0 Å². The molecule has 6 nitrogen and oxygen atoms in total. The van der Waals surface area contributed by atoms with Crippen LogP contribution in [0.15, 0.2) is 0 Å². The molecular weight excluding hydrogens is 312 g/mol. The standard InChI is InChI=1S/C12H26O6.6CH4/c1-15-3-5-17-9-11(7-12(14)8-13)10-18-6-4-16-2;;;;;;/h11-14H,3-10H2,1-2H3;6*1H4. The van der Waals surface area contributed by atoms with Crippen molar-refractivity contribution in [3.05, 3.63) is 0 Å². The number of aliphatic hydroxyl groups is 2. The third-order valence-electron chi connectivity index (χ3n) is 2.39. The van der Waals surface area contributed by atoms with Crippen LogP contribution in [0, 0.1) is 5.92 Å². The fourth-order valence-corrected chi connectivity index (χ4v) is 1.43. The first-order valence-electron chi connectivity index (χ1n) is 6.16. The fourth-order valence-electron chi connectivity index (χ4n) is 1.43. The highest BCUT2D eigenvalue weighted by Crippen LogP contribution is 2.08. The molecule has 0 aromatic heterocycles. The first kappa shape index (κ1) is 43.8. The molecule has 0 amide bonds. The molecule has 0 saturated heterocycles. The molecule has 0 aromatic carbocycles. The summed E-state index contributed by atoms with van der Waals surface area (Å²) in [6.07, 6.45) is -0.275. The van der Waals surface area contributed by atoms with Gasteiger partial charge in [0.25, 0.3) is 0 Å². The van der Waals surface area contributed by atoms with Crippen LogP contribution >= 0.6 is 0 Å². The minimum absolute atomic E-state index is 0. The fraction of sp³-hybridized carbons (Fsp3) is 1.00. The Balaban J connectivity index is -0.0000000963. The molecule has 2 N–H and O–H groups in total. The number of methoxy groups -OCH3 is 2. The zero-order valence-electron chi connectivity index (χ0n) is 11.3. The predicted octanol–water partition coefficient (Wildman–Crippen LogP) is 3.49. The van der Waals surface area contributed by atoms with Gasteiger partial charge in [0.2, 0.25) is 0 Å². The van der Waals surface area contributed by atoms with Crippen molar-refractivity contribution in [2.24, 2.45) is 5.92 Å². The molecule has 0 rings (SSSR count). The minimum atomic E-state index is -0.730. The smallest absolute Gasteiger partial charge is 0.0775 e. The molecule has 24 heavy (non-hydrogen) atoms. The van der Waals surface area contributed by atoms with Crippen LogP contribution in [-0.2, 0) is 18.9 Å². The van der Waals surface area contributed by atoms with Crippen molar-refractivity contribution in [3.63, 3.8) is 0 Å². The number of hydrogen-bond donors (Lipinski definition) is 2. The molecule has 0 bridgehead atoms. The topological polar surface area (TPSA) is 77.4 Å². The Bertz CT molecular complexity index is 158. The van der Waals surface area contributed by atoms with Crippen LogP contribution in [0.25, 0.3) is 0 Å². The van der Waals surface area contributed by atoms with Crippen molar-refractivity contribution in [2.45, 2.75) is 57.1 Å². The van der Waals surface area contributed by atoms with E-state index in [1.54, 1.807) is 14.2 Å². The van der Waals surface area contributed by atoms with E-state index in [-0.39, 0.29) is 57.1 Å². The molecule has 0 fully saturated rings. The highest BCUT2D eigenvalue weighted by atomic mass is 16.5. The summed E-state index contributed by atoms with van der Waals surface area (Å²) < 4.78 is 20.6. The second-order valence-corrected chi connectivity index (χ2v) is 4.07. The lowest BCUT2D eigenvalue weighted by molar-refractivity contribution is -0.0145. The van der Waals surface area contributed by atoms with Gasteiger partial charge in [0.15, 0.2) is 0 Å². The number of ether oxygens (including phenoxy) is 4. The highest BCUT2D eigenvalue weighted by molar-refractivity contribution is 4.64. The highest BCUT2D eigenvalue weighted by Gasteiger charge is 2.14. The Hall–Kier alpha value is -0.240. The van der Waals surface area contributed by atoms with E-state index in [1.807, 2.05) is 0 Å². The molecule has 6 heteroatoms. The van der Waals surface area contributed by atoms with Gasteiger partial charge in [-0.2, -0.15) is 0 Å². The molecule has 0 radical (unpaired) electrons. The molecule has 1 unspecified atom stereocenters. The van der Waals surface area contributed by atoms with Crippen molar-refractivity contribution in [2.75, 3.05) is 60.5 Å². The van der Waals surface area contributed by atoms with Gasteiger partial charge in [-0.15, -0.1) is 0 Å². The molecule has 158 valence electrons. The molecule has 0 aromatic rings. The molecule has 0 aliphatic rings. The summed E-state index contributed by atoms with van der Waals surface area (Å²) in [5.74, 6) is 0.0564. The van der Waals surface area contributed by atoms with Crippen LogP contribution in [0.4, 0.5) is 0 Å². The van der Waals surface area contributed by atoms with E-state index in [2.05, 4.69) is 0 Å². The zero-order valence-corrected chi connectivity index (χ0v) is 11.3. The van der Waals surface area contributed by atoms with Crippen LogP contribution < -0.4 is 0 Å². The number of aliphatic hydroxyl groups excluding tert-OH is 2. The average Bonchev–Trinajstić information content (AvgIpc) is 2.39. The van der Waals surface area contributed by atoms with Crippen molar-refractivity contribution in [1.82, 2.24) is 0 Å². The van der Waals surface area contributed by atoms with E-state index >= 15 is 0 Å². The van der Waals surface area contributed by atoms with Crippen LogP contribution in [0.5, 0.6) is 0 Å². The molecule has 0 spiro atoms. The Morgan fingerprint density at radius 2 is 1.08 bits per heavy atom. The Morgan fingerprint density at radius 1 is 0.708 bits per heavy atom. The van der Waals surface area contributed by atoms with Gasteiger partial charge in [-0.05, 0) is 6.42 Å². The van der Waals surface area contributed by atoms with Gasteiger partial charge >= 0.3 is 0 Å². The molecular formula is C18H50O6. The van der Waals surface area contributed by atoms with E-state index in [1.165, 1.54) is 0 Å². The molecule has 0 saturated carbocycles. The van der Waals surface area contributed by atoms with Crippen LogP contribution in [0.2, 0.25) is 0 Å². The van der Waals surface area contributed by atoms with Gasteiger partial charge in [0, 0.05) is 20.1 Å². The van der Waals surface area contributed by atoms with Gasteiger partial charge < -0.3 is 29.2 Å². The number of hydrogen-bond acceptors (Lipinski definition) is 6. The minimum Gasteiger partial charge on any atom is -0.394 e. The Morgan fingerprint density at radius 3 is 1.38 bits per heavy atom. The molecule has 0 heterocycles. The van der Waals surface area contributed by atoms with Gasteiger partial charge in [0.1, 0.15) is 0 Å². The SMILES string of the molecule is C.C.C.C.C.C.COCCOCC(COCCOC)CC(O)CO.